The highest BCUT2D eigenvalue weighted by Gasteiger charge is 2.20. The third-order valence-corrected chi connectivity index (χ3v) is 3.49. The molecular formula is C13H28N2O. The zero-order valence-corrected chi connectivity index (χ0v) is 11.2. The standard InChI is InChI=1S/C13H28N2O/c1-4-9-15(12(2)7-10-16-3)11-13-6-5-8-14-13/h12-14H,4-11H2,1-3H3. The topological polar surface area (TPSA) is 24.5 Å². The van der Waals surface area contributed by atoms with E-state index in [0.717, 1.165) is 19.1 Å². The van der Waals surface area contributed by atoms with E-state index in [4.69, 9.17) is 4.74 Å². The van der Waals surface area contributed by atoms with Crippen LogP contribution in [0.4, 0.5) is 0 Å². The predicted molar refractivity (Wildman–Crippen MR) is 68.8 cm³/mol. The van der Waals surface area contributed by atoms with E-state index in [-0.39, 0.29) is 0 Å². The summed E-state index contributed by atoms with van der Waals surface area (Å²) in [6.07, 6.45) is 5.07. The minimum Gasteiger partial charge on any atom is -0.385 e. The summed E-state index contributed by atoms with van der Waals surface area (Å²) in [4.78, 5) is 2.61. The van der Waals surface area contributed by atoms with E-state index in [1.807, 2.05) is 0 Å². The van der Waals surface area contributed by atoms with Crippen molar-refractivity contribution in [1.82, 2.24) is 10.2 Å². The number of hydrogen-bond acceptors (Lipinski definition) is 3. The number of rotatable bonds is 8. The van der Waals surface area contributed by atoms with E-state index < -0.39 is 0 Å². The molecule has 1 aliphatic rings. The first-order chi connectivity index (χ1) is 7.77. The predicted octanol–water partition coefficient (Wildman–Crippen LogP) is 1.88. The summed E-state index contributed by atoms with van der Waals surface area (Å²) in [5.41, 5.74) is 0. The van der Waals surface area contributed by atoms with Crippen molar-refractivity contribution in [3.63, 3.8) is 0 Å². The Morgan fingerprint density at radius 1 is 1.50 bits per heavy atom. The van der Waals surface area contributed by atoms with Crippen molar-refractivity contribution >= 4 is 0 Å². The molecule has 0 radical (unpaired) electrons. The Bertz CT molecular complexity index is 169. The summed E-state index contributed by atoms with van der Waals surface area (Å²) < 4.78 is 5.17. The summed E-state index contributed by atoms with van der Waals surface area (Å²) in [7, 11) is 1.79. The lowest BCUT2D eigenvalue weighted by atomic mass is 10.1. The summed E-state index contributed by atoms with van der Waals surface area (Å²) in [5, 5.41) is 3.58. The molecule has 0 aromatic rings. The van der Waals surface area contributed by atoms with E-state index in [9.17, 15) is 0 Å². The van der Waals surface area contributed by atoms with Gasteiger partial charge in [0.15, 0.2) is 0 Å². The molecule has 3 nitrogen and oxygen atoms in total. The Hall–Kier alpha value is -0.120. The Morgan fingerprint density at radius 2 is 2.31 bits per heavy atom. The van der Waals surface area contributed by atoms with Gasteiger partial charge in [-0.3, -0.25) is 4.90 Å². The van der Waals surface area contributed by atoms with Crippen LogP contribution >= 0.6 is 0 Å². The van der Waals surface area contributed by atoms with Crippen LogP contribution in [0.15, 0.2) is 0 Å². The van der Waals surface area contributed by atoms with Gasteiger partial charge in [-0.15, -0.1) is 0 Å². The molecule has 2 atom stereocenters. The van der Waals surface area contributed by atoms with Crippen LogP contribution in [-0.4, -0.2) is 50.3 Å². The zero-order valence-electron chi connectivity index (χ0n) is 11.2. The Kier molecular flexibility index (Phi) is 7.01. The second-order valence-electron chi connectivity index (χ2n) is 4.92. The smallest absolute Gasteiger partial charge is 0.0477 e. The van der Waals surface area contributed by atoms with Gasteiger partial charge >= 0.3 is 0 Å². The molecule has 16 heavy (non-hydrogen) atoms. The molecule has 0 amide bonds. The highest BCUT2D eigenvalue weighted by atomic mass is 16.5. The molecule has 1 heterocycles. The molecule has 1 aliphatic heterocycles. The summed E-state index contributed by atoms with van der Waals surface area (Å²) in [6.45, 7) is 9.08. The van der Waals surface area contributed by atoms with Crippen LogP contribution in [0.1, 0.15) is 39.5 Å². The number of nitrogens with one attached hydrogen (secondary N) is 1. The Balaban J connectivity index is 2.32. The molecule has 0 spiro atoms. The largest absolute Gasteiger partial charge is 0.385 e. The third-order valence-electron chi connectivity index (χ3n) is 3.49. The molecule has 1 N–H and O–H groups in total. The van der Waals surface area contributed by atoms with Crippen LogP contribution in [-0.2, 0) is 4.74 Å². The summed E-state index contributed by atoms with van der Waals surface area (Å²) in [6, 6.07) is 1.36. The number of hydrogen-bond donors (Lipinski definition) is 1. The fraction of sp³-hybridized carbons (Fsp3) is 1.00. The molecule has 1 rings (SSSR count). The van der Waals surface area contributed by atoms with Crippen molar-refractivity contribution in [2.24, 2.45) is 0 Å². The lowest BCUT2D eigenvalue weighted by molar-refractivity contribution is 0.131. The fourth-order valence-electron chi connectivity index (χ4n) is 2.45. The van der Waals surface area contributed by atoms with E-state index in [2.05, 4.69) is 24.1 Å². The molecule has 0 bridgehead atoms. The maximum absolute atomic E-state index is 5.17. The fourth-order valence-corrected chi connectivity index (χ4v) is 2.45. The van der Waals surface area contributed by atoms with E-state index in [1.54, 1.807) is 7.11 Å². The molecule has 96 valence electrons. The lowest BCUT2D eigenvalue weighted by Crippen LogP contribution is -2.43. The molecule has 3 heteroatoms. The number of ether oxygens (including phenoxy) is 1. The minimum absolute atomic E-state index is 0.641. The molecule has 2 unspecified atom stereocenters. The highest BCUT2D eigenvalue weighted by Crippen LogP contribution is 2.11. The van der Waals surface area contributed by atoms with Gasteiger partial charge in [0.1, 0.15) is 0 Å². The number of methoxy groups -OCH3 is 1. The van der Waals surface area contributed by atoms with Gasteiger partial charge in [-0.05, 0) is 45.7 Å². The first-order valence-corrected chi connectivity index (χ1v) is 6.74. The lowest BCUT2D eigenvalue weighted by Gasteiger charge is -2.31. The average molecular weight is 228 g/mol. The molecular weight excluding hydrogens is 200 g/mol. The maximum atomic E-state index is 5.17. The van der Waals surface area contributed by atoms with Crippen molar-refractivity contribution in [2.75, 3.05) is 33.4 Å². The quantitative estimate of drug-likeness (QED) is 0.686. The Morgan fingerprint density at radius 3 is 2.88 bits per heavy atom. The van der Waals surface area contributed by atoms with E-state index in [1.165, 1.54) is 38.9 Å². The second kappa shape index (κ2) is 8.04. The van der Waals surface area contributed by atoms with Crippen LogP contribution in [0, 0.1) is 0 Å². The monoisotopic (exact) mass is 228 g/mol. The number of nitrogens with zero attached hydrogens (tertiary/aromatic N) is 1. The normalized spacial score (nSPS) is 22.9. The van der Waals surface area contributed by atoms with Crippen LogP contribution in [0.5, 0.6) is 0 Å². The van der Waals surface area contributed by atoms with Gasteiger partial charge in [-0.1, -0.05) is 6.92 Å². The maximum Gasteiger partial charge on any atom is 0.0477 e. The summed E-state index contributed by atoms with van der Waals surface area (Å²) in [5.74, 6) is 0. The zero-order chi connectivity index (χ0) is 11.8. The van der Waals surface area contributed by atoms with E-state index >= 15 is 0 Å². The van der Waals surface area contributed by atoms with Gasteiger partial charge in [-0.25, -0.2) is 0 Å². The molecule has 0 aromatic heterocycles. The van der Waals surface area contributed by atoms with Crippen LogP contribution in [0.25, 0.3) is 0 Å². The van der Waals surface area contributed by atoms with Gasteiger partial charge in [0.05, 0.1) is 0 Å². The highest BCUT2D eigenvalue weighted by molar-refractivity contribution is 4.80. The van der Waals surface area contributed by atoms with Gasteiger partial charge in [-0.2, -0.15) is 0 Å². The molecule has 1 saturated heterocycles. The van der Waals surface area contributed by atoms with Crippen molar-refractivity contribution in [3.8, 4) is 0 Å². The van der Waals surface area contributed by atoms with Crippen molar-refractivity contribution < 1.29 is 4.74 Å². The molecule has 0 aromatic carbocycles. The van der Waals surface area contributed by atoms with Crippen LogP contribution in [0.3, 0.4) is 0 Å². The average Bonchev–Trinajstić information content (AvgIpc) is 2.78. The Labute approximate surface area is 101 Å². The SMILES string of the molecule is CCCN(CC1CCCN1)C(C)CCOC. The van der Waals surface area contributed by atoms with Crippen LogP contribution in [0.2, 0.25) is 0 Å². The third kappa shape index (κ3) is 4.81. The van der Waals surface area contributed by atoms with Gasteiger partial charge in [0.2, 0.25) is 0 Å². The van der Waals surface area contributed by atoms with Gasteiger partial charge < -0.3 is 10.1 Å². The second-order valence-corrected chi connectivity index (χ2v) is 4.92. The van der Waals surface area contributed by atoms with E-state index in [0.29, 0.717) is 6.04 Å². The van der Waals surface area contributed by atoms with Crippen LogP contribution < -0.4 is 5.32 Å². The molecule has 1 fully saturated rings. The van der Waals surface area contributed by atoms with Crippen molar-refractivity contribution in [1.29, 1.82) is 0 Å². The first kappa shape index (κ1) is 13.9. The summed E-state index contributed by atoms with van der Waals surface area (Å²) >= 11 is 0. The van der Waals surface area contributed by atoms with Crippen molar-refractivity contribution in [2.45, 2.75) is 51.6 Å². The van der Waals surface area contributed by atoms with Gasteiger partial charge in [0.25, 0.3) is 0 Å². The molecule has 0 aliphatic carbocycles. The first-order valence-electron chi connectivity index (χ1n) is 6.74. The van der Waals surface area contributed by atoms with Gasteiger partial charge in [0, 0.05) is 32.3 Å². The van der Waals surface area contributed by atoms with Crippen molar-refractivity contribution in [3.05, 3.63) is 0 Å². The minimum atomic E-state index is 0.641. The molecule has 0 saturated carbocycles.